The van der Waals surface area contributed by atoms with Gasteiger partial charge in [-0.15, -0.1) is 0 Å². The van der Waals surface area contributed by atoms with Crippen LogP contribution in [0.1, 0.15) is 99.3 Å². The molecule has 9 atom stereocenters. The van der Waals surface area contributed by atoms with Gasteiger partial charge >= 0.3 is 0 Å². The average molecular weight is 411 g/mol. The maximum Gasteiger partial charge on any atom is 0.0594 e. The van der Waals surface area contributed by atoms with E-state index in [4.69, 9.17) is 0 Å². The van der Waals surface area contributed by atoms with Crippen molar-refractivity contribution in [2.24, 2.45) is 51.2 Å². The number of allylic oxidation sites excluding steroid dienone is 3. The standard InChI is InChI=1S/C29H46O/c1-18-10-14-27(5)15-11-21-20(25(27)19(18)2)8-9-23-28(21,6)16-12-22-26(3,4)24(30)13-17-29(22,23)7/h8,19,21-25,30H,1,9-17H2,2-7H3. The van der Waals surface area contributed by atoms with Crippen LogP contribution in [0.2, 0.25) is 0 Å². The number of aliphatic hydroxyl groups excluding tert-OH is 1. The molecule has 5 aliphatic carbocycles. The van der Waals surface area contributed by atoms with Crippen molar-refractivity contribution < 1.29 is 5.11 Å². The fourth-order valence-corrected chi connectivity index (χ4v) is 10.3. The van der Waals surface area contributed by atoms with Crippen molar-refractivity contribution in [3.63, 3.8) is 0 Å². The van der Waals surface area contributed by atoms with Crippen LogP contribution in [-0.2, 0) is 0 Å². The van der Waals surface area contributed by atoms with Gasteiger partial charge < -0.3 is 5.11 Å². The molecule has 0 aliphatic heterocycles. The zero-order chi connectivity index (χ0) is 21.7. The van der Waals surface area contributed by atoms with Crippen molar-refractivity contribution in [3.8, 4) is 0 Å². The van der Waals surface area contributed by atoms with Gasteiger partial charge in [-0.3, -0.25) is 0 Å². The van der Waals surface area contributed by atoms with Gasteiger partial charge in [0.05, 0.1) is 6.10 Å². The second-order valence-electron chi connectivity index (χ2n) is 13.6. The summed E-state index contributed by atoms with van der Waals surface area (Å²) >= 11 is 0. The SMILES string of the molecule is C=C1CCC2(C)CCC3C(=CCC4C3(C)CCC3C(C)(C)C(O)CCC34C)C2C1C. The van der Waals surface area contributed by atoms with E-state index in [1.54, 1.807) is 0 Å². The first-order valence-electron chi connectivity index (χ1n) is 13.0. The van der Waals surface area contributed by atoms with Crippen LogP contribution in [-0.4, -0.2) is 11.2 Å². The van der Waals surface area contributed by atoms with Crippen molar-refractivity contribution in [2.45, 2.75) is 105 Å². The van der Waals surface area contributed by atoms with Crippen LogP contribution >= 0.6 is 0 Å². The number of fused-ring (bicyclic) bond motifs is 7. The molecule has 0 aromatic rings. The average Bonchev–Trinajstić information content (AvgIpc) is 2.67. The molecule has 4 fully saturated rings. The van der Waals surface area contributed by atoms with Crippen LogP contribution in [0.25, 0.3) is 0 Å². The molecule has 168 valence electrons. The van der Waals surface area contributed by atoms with Gasteiger partial charge in [0.1, 0.15) is 0 Å². The lowest BCUT2D eigenvalue weighted by molar-refractivity contribution is -0.185. The maximum atomic E-state index is 10.8. The first-order chi connectivity index (χ1) is 13.9. The smallest absolute Gasteiger partial charge is 0.0594 e. The topological polar surface area (TPSA) is 20.2 Å². The molecule has 0 spiro atoms. The highest BCUT2D eigenvalue weighted by Crippen LogP contribution is 2.71. The molecule has 0 heterocycles. The fourth-order valence-electron chi connectivity index (χ4n) is 10.3. The minimum absolute atomic E-state index is 0.0546. The van der Waals surface area contributed by atoms with E-state index < -0.39 is 0 Å². The van der Waals surface area contributed by atoms with Gasteiger partial charge in [0, 0.05) is 0 Å². The predicted octanol–water partition coefficient (Wildman–Crippen LogP) is 7.55. The maximum absolute atomic E-state index is 10.8. The summed E-state index contributed by atoms with van der Waals surface area (Å²) in [7, 11) is 0. The molecule has 9 unspecified atom stereocenters. The molecule has 0 saturated heterocycles. The van der Waals surface area contributed by atoms with Gasteiger partial charge in [-0.2, -0.15) is 0 Å². The predicted molar refractivity (Wildman–Crippen MR) is 126 cm³/mol. The highest BCUT2D eigenvalue weighted by Gasteiger charge is 2.64. The van der Waals surface area contributed by atoms with Crippen LogP contribution in [0.5, 0.6) is 0 Å². The Morgan fingerprint density at radius 3 is 2.33 bits per heavy atom. The highest BCUT2D eigenvalue weighted by atomic mass is 16.3. The number of hydrogen-bond acceptors (Lipinski definition) is 1. The van der Waals surface area contributed by atoms with E-state index in [-0.39, 0.29) is 11.5 Å². The monoisotopic (exact) mass is 410 g/mol. The number of rotatable bonds is 0. The first kappa shape index (κ1) is 21.3. The summed E-state index contributed by atoms with van der Waals surface area (Å²) in [5.74, 6) is 3.58. The van der Waals surface area contributed by atoms with Gasteiger partial charge in [0.15, 0.2) is 0 Å². The lowest BCUT2D eigenvalue weighted by atomic mass is 9.37. The Kier molecular flexibility index (Phi) is 4.61. The van der Waals surface area contributed by atoms with E-state index in [1.165, 1.54) is 56.9 Å². The lowest BCUT2D eigenvalue weighted by Crippen LogP contribution is -2.61. The minimum Gasteiger partial charge on any atom is -0.393 e. The van der Waals surface area contributed by atoms with Gasteiger partial charge in [-0.05, 0) is 109 Å². The van der Waals surface area contributed by atoms with Crippen LogP contribution < -0.4 is 0 Å². The van der Waals surface area contributed by atoms with Crippen LogP contribution in [0.3, 0.4) is 0 Å². The Labute approximate surface area is 185 Å². The normalized spacial score (nSPS) is 54.9. The second kappa shape index (κ2) is 6.49. The number of aliphatic hydroxyl groups is 1. The Bertz CT molecular complexity index is 775. The molecule has 4 saturated carbocycles. The molecule has 5 rings (SSSR count). The first-order valence-corrected chi connectivity index (χ1v) is 13.0. The molecule has 0 amide bonds. The third-order valence-electron chi connectivity index (χ3n) is 12.1. The quantitative estimate of drug-likeness (QED) is 0.409. The fraction of sp³-hybridized carbons (Fsp3) is 0.862. The van der Waals surface area contributed by atoms with Crippen molar-refractivity contribution in [1.29, 1.82) is 0 Å². The second-order valence-corrected chi connectivity index (χ2v) is 13.6. The largest absolute Gasteiger partial charge is 0.393 e. The Balaban J connectivity index is 1.55. The Hall–Kier alpha value is -0.560. The third kappa shape index (κ3) is 2.57. The molecule has 30 heavy (non-hydrogen) atoms. The highest BCUT2D eigenvalue weighted by molar-refractivity contribution is 5.31. The van der Waals surface area contributed by atoms with Crippen LogP contribution in [0.15, 0.2) is 23.8 Å². The molecule has 5 aliphatic rings. The summed E-state index contributed by atoms with van der Waals surface area (Å²) in [6.45, 7) is 19.6. The van der Waals surface area contributed by atoms with E-state index in [1.807, 2.05) is 5.57 Å². The van der Waals surface area contributed by atoms with Crippen molar-refractivity contribution in [3.05, 3.63) is 23.8 Å². The summed E-state index contributed by atoms with van der Waals surface area (Å²) in [5.41, 5.74) is 4.70. The molecule has 1 N–H and O–H groups in total. The molecule has 0 radical (unpaired) electrons. The Morgan fingerprint density at radius 1 is 0.900 bits per heavy atom. The van der Waals surface area contributed by atoms with E-state index >= 15 is 0 Å². The van der Waals surface area contributed by atoms with Crippen molar-refractivity contribution in [1.82, 2.24) is 0 Å². The zero-order valence-corrected chi connectivity index (χ0v) is 20.6. The molecular formula is C29H46O. The van der Waals surface area contributed by atoms with Crippen molar-refractivity contribution >= 4 is 0 Å². The minimum atomic E-state index is -0.126. The zero-order valence-electron chi connectivity index (χ0n) is 20.6. The van der Waals surface area contributed by atoms with E-state index in [2.05, 4.69) is 54.2 Å². The van der Waals surface area contributed by atoms with E-state index in [9.17, 15) is 5.11 Å². The van der Waals surface area contributed by atoms with Gasteiger partial charge in [-0.1, -0.05) is 65.3 Å². The van der Waals surface area contributed by atoms with Gasteiger partial charge in [-0.25, -0.2) is 0 Å². The summed E-state index contributed by atoms with van der Waals surface area (Å²) in [4.78, 5) is 0. The number of hydrogen-bond donors (Lipinski definition) is 1. The molecule has 1 nitrogen and oxygen atoms in total. The summed E-state index contributed by atoms with van der Waals surface area (Å²) in [6, 6.07) is 0. The van der Waals surface area contributed by atoms with Crippen molar-refractivity contribution in [2.75, 3.05) is 0 Å². The molecule has 0 bridgehead atoms. The summed E-state index contributed by atoms with van der Waals surface area (Å²) < 4.78 is 0. The summed E-state index contributed by atoms with van der Waals surface area (Å²) in [6.07, 6.45) is 14.2. The van der Waals surface area contributed by atoms with Gasteiger partial charge in [0.2, 0.25) is 0 Å². The van der Waals surface area contributed by atoms with Crippen LogP contribution in [0.4, 0.5) is 0 Å². The van der Waals surface area contributed by atoms with Crippen LogP contribution in [0, 0.1) is 51.2 Å². The van der Waals surface area contributed by atoms with Gasteiger partial charge in [0.25, 0.3) is 0 Å². The van der Waals surface area contributed by atoms with E-state index in [0.29, 0.717) is 28.1 Å². The summed E-state index contributed by atoms with van der Waals surface area (Å²) in [5, 5.41) is 10.8. The molecule has 1 heteroatoms. The Morgan fingerprint density at radius 2 is 1.60 bits per heavy atom. The molecule has 0 aromatic heterocycles. The molecular weight excluding hydrogens is 364 g/mol. The third-order valence-corrected chi connectivity index (χ3v) is 12.1. The lowest BCUT2D eigenvalue weighted by Gasteiger charge is -2.68. The van der Waals surface area contributed by atoms with E-state index in [0.717, 1.165) is 24.2 Å². The molecule has 0 aromatic carbocycles.